The van der Waals surface area contributed by atoms with E-state index in [0.717, 1.165) is 0 Å². The average Bonchev–Trinajstić information content (AvgIpc) is 2.38. The van der Waals surface area contributed by atoms with Crippen LogP contribution < -0.4 is 5.32 Å². The van der Waals surface area contributed by atoms with Gasteiger partial charge in [0.2, 0.25) is 0 Å². The van der Waals surface area contributed by atoms with E-state index in [2.05, 4.69) is 26.2 Å². The van der Waals surface area contributed by atoms with Crippen LogP contribution in [-0.4, -0.2) is 22.0 Å². The Labute approximate surface area is 123 Å². The highest BCUT2D eigenvalue weighted by Crippen LogP contribution is 2.16. The van der Waals surface area contributed by atoms with Gasteiger partial charge in [-0.25, -0.2) is 4.98 Å². The predicted molar refractivity (Wildman–Crippen MR) is 77.7 cm³/mol. The SMILES string of the molecule is O=C(O)Cc1cccc(NC(=O)c2cccnc2Br)c1. The minimum Gasteiger partial charge on any atom is -0.481 e. The number of carboxylic acids is 1. The van der Waals surface area contributed by atoms with Crippen molar-refractivity contribution in [2.75, 3.05) is 5.32 Å². The fourth-order valence-electron chi connectivity index (χ4n) is 1.69. The molecule has 2 N–H and O–H groups in total. The molecule has 0 atom stereocenters. The number of hydrogen-bond acceptors (Lipinski definition) is 3. The Bertz CT molecular complexity index is 658. The third-order valence-electron chi connectivity index (χ3n) is 2.54. The van der Waals surface area contributed by atoms with E-state index in [1.165, 1.54) is 0 Å². The molecule has 0 aliphatic heterocycles. The fourth-order valence-corrected chi connectivity index (χ4v) is 2.12. The van der Waals surface area contributed by atoms with E-state index in [1.54, 1.807) is 42.6 Å². The number of halogens is 1. The largest absolute Gasteiger partial charge is 0.481 e. The molecule has 1 amide bonds. The van der Waals surface area contributed by atoms with Crippen LogP contribution in [0.2, 0.25) is 0 Å². The molecule has 20 heavy (non-hydrogen) atoms. The number of aliphatic carboxylic acids is 1. The number of aromatic nitrogens is 1. The van der Waals surface area contributed by atoms with Crippen molar-refractivity contribution in [3.63, 3.8) is 0 Å². The number of nitrogens with zero attached hydrogens (tertiary/aromatic N) is 1. The summed E-state index contributed by atoms with van der Waals surface area (Å²) in [5, 5.41) is 11.5. The number of carbonyl (C=O) groups is 2. The molecular formula is C14H11BrN2O3. The molecule has 1 aromatic heterocycles. The third kappa shape index (κ3) is 3.64. The lowest BCUT2D eigenvalue weighted by atomic mass is 10.1. The Morgan fingerprint density at radius 2 is 2.05 bits per heavy atom. The molecule has 0 fully saturated rings. The topological polar surface area (TPSA) is 79.3 Å². The van der Waals surface area contributed by atoms with Gasteiger partial charge in [-0.3, -0.25) is 9.59 Å². The second-order valence-corrected chi connectivity index (χ2v) is 4.82. The van der Waals surface area contributed by atoms with Crippen LogP contribution in [-0.2, 0) is 11.2 Å². The summed E-state index contributed by atoms with van der Waals surface area (Å²) in [4.78, 5) is 26.7. The highest BCUT2D eigenvalue weighted by molar-refractivity contribution is 9.10. The van der Waals surface area contributed by atoms with E-state index < -0.39 is 5.97 Å². The normalized spacial score (nSPS) is 10.1. The summed E-state index contributed by atoms with van der Waals surface area (Å²) in [5.74, 6) is -1.22. The third-order valence-corrected chi connectivity index (χ3v) is 3.18. The quantitative estimate of drug-likeness (QED) is 0.842. The summed E-state index contributed by atoms with van der Waals surface area (Å²) < 4.78 is 0.458. The minimum absolute atomic E-state index is 0.0830. The average molecular weight is 335 g/mol. The highest BCUT2D eigenvalue weighted by Gasteiger charge is 2.11. The van der Waals surface area contributed by atoms with Gasteiger partial charge in [-0.1, -0.05) is 12.1 Å². The zero-order valence-electron chi connectivity index (χ0n) is 10.3. The zero-order chi connectivity index (χ0) is 14.5. The van der Waals surface area contributed by atoms with Gasteiger partial charge in [0.15, 0.2) is 0 Å². The summed E-state index contributed by atoms with van der Waals surface area (Å²) in [7, 11) is 0. The van der Waals surface area contributed by atoms with E-state index in [9.17, 15) is 9.59 Å². The highest BCUT2D eigenvalue weighted by atomic mass is 79.9. The Hall–Kier alpha value is -2.21. The van der Waals surface area contributed by atoms with Crippen LogP contribution in [0.25, 0.3) is 0 Å². The summed E-state index contributed by atoms with van der Waals surface area (Å²) >= 11 is 3.21. The number of hydrogen-bond donors (Lipinski definition) is 2. The second kappa shape index (κ2) is 6.29. The zero-order valence-corrected chi connectivity index (χ0v) is 11.9. The van der Waals surface area contributed by atoms with Crippen molar-refractivity contribution in [1.82, 2.24) is 4.98 Å². The lowest BCUT2D eigenvalue weighted by molar-refractivity contribution is -0.136. The van der Waals surface area contributed by atoms with Crippen molar-refractivity contribution in [1.29, 1.82) is 0 Å². The molecule has 1 aromatic carbocycles. The first-order valence-corrected chi connectivity index (χ1v) is 6.58. The van der Waals surface area contributed by atoms with Crippen LogP contribution in [0.1, 0.15) is 15.9 Å². The van der Waals surface area contributed by atoms with Crippen LogP contribution in [0.4, 0.5) is 5.69 Å². The van der Waals surface area contributed by atoms with E-state index in [4.69, 9.17) is 5.11 Å². The standard InChI is InChI=1S/C14H11BrN2O3/c15-13-11(5-2-6-16-13)14(20)17-10-4-1-3-9(7-10)8-12(18)19/h1-7H,8H2,(H,17,20)(H,18,19). The molecule has 0 unspecified atom stereocenters. The van der Waals surface area contributed by atoms with Crippen LogP contribution >= 0.6 is 15.9 Å². The van der Waals surface area contributed by atoms with Gasteiger partial charge < -0.3 is 10.4 Å². The lowest BCUT2D eigenvalue weighted by Gasteiger charge is -2.07. The monoisotopic (exact) mass is 334 g/mol. The maximum Gasteiger partial charge on any atom is 0.307 e. The molecule has 0 saturated heterocycles. The summed E-state index contributed by atoms with van der Waals surface area (Å²) in [6.45, 7) is 0. The van der Waals surface area contributed by atoms with Crippen LogP contribution in [0.5, 0.6) is 0 Å². The molecule has 6 heteroatoms. The van der Waals surface area contributed by atoms with Crippen LogP contribution in [0.15, 0.2) is 47.2 Å². The molecule has 0 aliphatic rings. The van der Waals surface area contributed by atoms with Crippen molar-refractivity contribution in [2.24, 2.45) is 0 Å². The lowest BCUT2D eigenvalue weighted by Crippen LogP contribution is -2.13. The van der Waals surface area contributed by atoms with Crippen LogP contribution in [0, 0.1) is 0 Å². The number of rotatable bonds is 4. The number of benzene rings is 1. The number of anilines is 1. The smallest absolute Gasteiger partial charge is 0.307 e. The van der Waals surface area contributed by atoms with E-state index in [1.807, 2.05) is 0 Å². The maximum absolute atomic E-state index is 12.1. The predicted octanol–water partition coefficient (Wildman–Crippen LogP) is 2.72. The number of carbonyl (C=O) groups excluding carboxylic acids is 1. The molecule has 0 saturated carbocycles. The second-order valence-electron chi connectivity index (χ2n) is 4.07. The summed E-state index contributed by atoms with van der Waals surface area (Å²) in [6, 6.07) is 10.0. The first-order chi connectivity index (χ1) is 9.56. The van der Waals surface area contributed by atoms with Gasteiger partial charge in [0.1, 0.15) is 4.60 Å². The van der Waals surface area contributed by atoms with Gasteiger partial charge in [0.25, 0.3) is 5.91 Å². The molecular weight excluding hydrogens is 324 g/mol. The number of amides is 1. The Balaban J connectivity index is 2.16. The van der Waals surface area contributed by atoms with Crippen molar-refractivity contribution in [2.45, 2.75) is 6.42 Å². The van der Waals surface area contributed by atoms with Gasteiger partial charge in [-0.2, -0.15) is 0 Å². The molecule has 0 spiro atoms. The van der Waals surface area contributed by atoms with Gasteiger partial charge in [-0.15, -0.1) is 0 Å². The molecule has 1 heterocycles. The molecule has 2 rings (SSSR count). The Kier molecular flexibility index (Phi) is 4.47. The van der Waals surface area contributed by atoms with Gasteiger partial charge >= 0.3 is 5.97 Å². The van der Waals surface area contributed by atoms with Gasteiger partial charge in [0, 0.05) is 11.9 Å². The van der Waals surface area contributed by atoms with Crippen molar-refractivity contribution >= 4 is 33.5 Å². The summed E-state index contributed by atoms with van der Waals surface area (Å²) in [6.07, 6.45) is 1.49. The van der Waals surface area contributed by atoms with E-state index in [-0.39, 0.29) is 12.3 Å². The fraction of sp³-hybridized carbons (Fsp3) is 0.0714. The van der Waals surface area contributed by atoms with Crippen molar-refractivity contribution in [3.8, 4) is 0 Å². The van der Waals surface area contributed by atoms with Crippen molar-refractivity contribution in [3.05, 3.63) is 58.3 Å². The summed E-state index contributed by atoms with van der Waals surface area (Å²) in [5.41, 5.74) is 1.58. The van der Waals surface area contributed by atoms with Gasteiger partial charge in [-0.05, 0) is 45.8 Å². The van der Waals surface area contributed by atoms with E-state index >= 15 is 0 Å². The molecule has 0 radical (unpaired) electrons. The Morgan fingerprint density at radius 3 is 2.75 bits per heavy atom. The van der Waals surface area contributed by atoms with Crippen molar-refractivity contribution < 1.29 is 14.7 Å². The number of nitrogens with one attached hydrogen (secondary N) is 1. The molecule has 2 aromatic rings. The minimum atomic E-state index is -0.913. The molecule has 102 valence electrons. The van der Waals surface area contributed by atoms with Gasteiger partial charge in [0.05, 0.1) is 12.0 Å². The van der Waals surface area contributed by atoms with Crippen LogP contribution in [0.3, 0.4) is 0 Å². The maximum atomic E-state index is 12.1. The first kappa shape index (κ1) is 14.2. The van der Waals surface area contributed by atoms with E-state index in [0.29, 0.717) is 21.4 Å². The molecule has 5 nitrogen and oxygen atoms in total. The number of pyridine rings is 1. The Morgan fingerprint density at radius 1 is 1.25 bits per heavy atom. The number of carboxylic acid groups (broad SMARTS) is 1. The first-order valence-electron chi connectivity index (χ1n) is 5.79. The molecule has 0 aliphatic carbocycles. The molecule has 0 bridgehead atoms.